The Kier molecular flexibility index (Phi) is 11.1. The van der Waals surface area contributed by atoms with E-state index in [-0.39, 0.29) is 29.7 Å². The summed E-state index contributed by atoms with van der Waals surface area (Å²) in [6.45, 7) is 7.19. The molecule has 1 fully saturated rings. The smallest absolute Gasteiger partial charge is 0.314 e. The average Bonchev–Trinajstić information content (AvgIpc) is 3.40. The van der Waals surface area contributed by atoms with Gasteiger partial charge in [0.15, 0.2) is 0 Å². The first kappa shape index (κ1) is 27.3. The number of ketones is 1. The zero-order valence-electron chi connectivity index (χ0n) is 21.2. The monoisotopic (exact) mass is 497 g/mol. The number of ether oxygens (including phenoxy) is 2. The summed E-state index contributed by atoms with van der Waals surface area (Å²) in [7, 11) is 0. The highest BCUT2D eigenvalue weighted by Gasteiger charge is 2.44. The Morgan fingerprint density at radius 1 is 1.00 bits per heavy atom. The number of unbranched alkanes of at least 4 members (excludes halogenated alkanes) is 1. The molecule has 5 nitrogen and oxygen atoms in total. The minimum atomic E-state index is -0.689. The molecule has 0 radical (unpaired) electrons. The fourth-order valence-electron chi connectivity index (χ4n) is 4.78. The Morgan fingerprint density at radius 2 is 1.77 bits per heavy atom. The number of carbonyl (C=O) groups is 2. The molecule has 6 heteroatoms. The van der Waals surface area contributed by atoms with E-state index in [2.05, 4.69) is 19.2 Å². The molecule has 0 amide bonds. The lowest BCUT2D eigenvalue weighted by Crippen LogP contribution is -2.43. The number of benzene rings is 2. The Hall–Kier alpha value is -2.31. The molecule has 3 rings (SSSR count). The molecule has 0 aliphatic carbocycles. The van der Waals surface area contributed by atoms with Crippen LogP contribution in [0.1, 0.15) is 64.4 Å². The molecule has 1 N–H and O–H groups in total. The van der Waals surface area contributed by atoms with Crippen molar-refractivity contribution in [2.45, 2.75) is 64.2 Å². The van der Waals surface area contributed by atoms with E-state index in [1.807, 2.05) is 61.5 Å². The third-order valence-electron chi connectivity index (χ3n) is 6.44. The van der Waals surface area contributed by atoms with Crippen molar-refractivity contribution in [3.63, 3.8) is 0 Å². The lowest BCUT2D eigenvalue weighted by molar-refractivity contribution is -0.149. The molecule has 1 saturated heterocycles. The summed E-state index contributed by atoms with van der Waals surface area (Å²) in [5.74, 6) is 0.885. The number of Topliss-reactive ketones (excluding diaryl/α,β-unsaturated/α-hetero) is 1. The summed E-state index contributed by atoms with van der Waals surface area (Å²) in [6, 6.07) is 17.1. The predicted molar refractivity (Wildman–Crippen MR) is 143 cm³/mol. The van der Waals surface area contributed by atoms with Crippen LogP contribution in [0.5, 0.6) is 11.5 Å². The van der Waals surface area contributed by atoms with E-state index in [4.69, 9.17) is 9.47 Å². The van der Waals surface area contributed by atoms with E-state index in [0.29, 0.717) is 5.75 Å². The van der Waals surface area contributed by atoms with Crippen molar-refractivity contribution in [2.75, 3.05) is 18.9 Å². The van der Waals surface area contributed by atoms with Crippen LogP contribution in [0.15, 0.2) is 54.6 Å². The van der Waals surface area contributed by atoms with Crippen molar-refractivity contribution in [1.82, 2.24) is 5.32 Å². The second-order valence-corrected chi connectivity index (χ2v) is 10.3. The van der Waals surface area contributed by atoms with Crippen LogP contribution in [0.2, 0.25) is 0 Å². The van der Waals surface area contributed by atoms with Crippen molar-refractivity contribution < 1.29 is 19.1 Å². The quantitative estimate of drug-likeness (QED) is 0.297. The summed E-state index contributed by atoms with van der Waals surface area (Å²) >= 11 is 1.73. The van der Waals surface area contributed by atoms with Crippen molar-refractivity contribution in [2.24, 2.45) is 11.8 Å². The first-order valence-corrected chi connectivity index (χ1v) is 14.0. The summed E-state index contributed by atoms with van der Waals surface area (Å²) in [5.41, 5.74) is 0.760. The lowest BCUT2D eigenvalue weighted by atomic mass is 9.76. The number of hydrogen-bond acceptors (Lipinski definition) is 6. The maximum absolute atomic E-state index is 14.1. The highest BCUT2D eigenvalue weighted by molar-refractivity contribution is 8.00. The Morgan fingerprint density at radius 3 is 2.43 bits per heavy atom. The van der Waals surface area contributed by atoms with Crippen LogP contribution in [0.25, 0.3) is 0 Å². The second kappa shape index (κ2) is 14.3. The zero-order chi connectivity index (χ0) is 25.0. The van der Waals surface area contributed by atoms with E-state index < -0.39 is 11.8 Å². The standard InChI is InChI=1S/C29H39NO4S/c1-4-7-13-21(12-5-2)27(31)26(28-30-18-19-35-28)25(29(32)33-6-3)22-14-11-17-24(20-22)34-23-15-9-8-10-16-23/h8-11,14-17,20-21,25-26,28,30H,4-7,12-13,18-19H2,1-3H3. The predicted octanol–water partition coefficient (Wildman–Crippen LogP) is 6.58. The molecule has 0 aromatic heterocycles. The van der Waals surface area contributed by atoms with Crippen LogP contribution >= 0.6 is 11.8 Å². The number of esters is 1. The fraction of sp³-hybridized carbons (Fsp3) is 0.517. The number of rotatable bonds is 14. The van der Waals surface area contributed by atoms with Crippen LogP contribution < -0.4 is 10.1 Å². The molecular weight excluding hydrogens is 458 g/mol. The molecule has 2 aromatic carbocycles. The number of thioether (sulfide) groups is 1. The molecule has 0 spiro atoms. The van der Waals surface area contributed by atoms with Crippen molar-refractivity contribution >= 4 is 23.5 Å². The second-order valence-electron chi connectivity index (χ2n) is 9.02. The molecule has 1 heterocycles. The molecule has 190 valence electrons. The maximum atomic E-state index is 14.1. The highest BCUT2D eigenvalue weighted by atomic mass is 32.2. The topological polar surface area (TPSA) is 64.6 Å². The van der Waals surface area contributed by atoms with E-state index >= 15 is 0 Å². The summed E-state index contributed by atoms with van der Waals surface area (Å²) in [5, 5.41) is 3.38. The average molecular weight is 498 g/mol. The molecule has 4 unspecified atom stereocenters. The molecule has 1 aliphatic heterocycles. The number of nitrogens with one attached hydrogen (secondary N) is 1. The largest absolute Gasteiger partial charge is 0.466 e. The Bertz CT molecular complexity index is 929. The third kappa shape index (κ3) is 7.58. The van der Waals surface area contributed by atoms with Gasteiger partial charge in [0.2, 0.25) is 0 Å². The fourth-order valence-corrected chi connectivity index (χ4v) is 6.01. The Balaban J connectivity index is 2.00. The van der Waals surface area contributed by atoms with Crippen LogP contribution in [0.3, 0.4) is 0 Å². The minimum absolute atomic E-state index is 0.0476. The SMILES string of the molecule is CCCCC(CCC)C(=O)C(C1NCCS1)C(C(=O)OCC)c1cccc(Oc2ccccc2)c1. The van der Waals surface area contributed by atoms with Gasteiger partial charge in [-0.1, -0.05) is 63.4 Å². The molecule has 2 aromatic rings. The molecular formula is C29H39NO4S. The van der Waals surface area contributed by atoms with Gasteiger partial charge in [-0.3, -0.25) is 9.59 Å². The van der Waals surface area contributed by atoms with E-state index in [1.54, 1.807) is 11.8 Å². The third-order valence-corrected chi connectivity index (χ3v) is 7.70. The van der Waals surface area contributed by atoms with Crippen LogP contribution in [-0.4, -0.2) is 36.0 Å². The van der Waals surface area contributed by atoms with Gasteiger partial charge in [0.1, 0.15) is 17.3 Å². The van der Waals surface area contributed by atoms with E-state index in [0.717, 1.165) is 55.7 Å². The summed E-state index contributed by atoms with van der Waals surface area (Å²) < 4.78 is 11.6. The molecule has 0 saturated carbocycles. The number of hydrogen-bond donors (Lipinski definition) is 1. The normalized spacial score (nSPS) is 18.0. The van der Waals surface area contributed by atoms with E-state index in [1.165, 1.54) is 0 Å². The van der Waals surface area contributed by atoms with Gasteiger partial charge in [0.25, 0.3) is 0 Å². The number of para-hydroxylation sites is 1. The van der Waals surface area contributed by atoms with Gasteiger partial charge in [0.05, 0.1) is 23.8 Å². The number of carbonyl (C=O) groups excluding carboxylic acids is 2. The van der Waals surface area contributed by atoms with Gasteiger partial charge in [-0.25, -0.2) is 0 Å². The molecule has 35 heavy (non-hydrogen) atoms. The zero-order valence-corrected chi connectivity index (χ0v) is 22.0. The van der Waals surface area contributed by atoms with Gasteiger partial charge in [-0.15, -0.1) is 11.8 Å². The van der Waals surface area contributed by atoms with Crippen LogP contribution in [0.4, 0.5) is 0 Å². The Labute approximate surface area is 214 Å². The lowest BCUT2D eigenvalue weighted by Gasteiger charge is -2.32. The van der Waals surface area contributed by atoms with Gasteiger partial charge in [-0.2, -0.15) is 0 Å². The summed E-state index contributed by atoms with van der Waals surface area (Å²) in [4.78, 5) is 27.6. The van der Waals surface area contributed by atoms with Gasteiger partial charge >= 0.3 is 5.97 Å². The minimum Gasteiger partial charge on any atom is -0.466 e. The summed E-state index contributed by atoms with van der Waals surface area (Å²) in [6.07, 6.45) is 4.72. The molecule has 4 atom stereocenters. The molecule has 0 bridgehead atoms. The first-order valence-electron chi connectivity index (χ1n) is 13.0. The van der Waals surface area contributed by atoms with Gasteiger partial charge in [-0.05, 0) is 49.6 Å². The van der Waals surface area contributed by atoms with Crippen molar-refractivity contribution in [3.8, 4) is 11.5 Å². The van der Waals surface area contributed by atoms with Crippen LogP contribution in [-0.2, 0) is 14.3 Å². The van der Waals surface area contributed by atoms with Crippen molar-refractivity contribution in [1.29, 1.82) is 0 Å². The highest BCUT2D eigenvalue weighted by Crippen LogP contribution is 2.39. The van der Waals surface area contributed by atoms with E-state index in [9.17, 15) is 9.59 Å². The van der Waals surface area contributed by atoms with Gasteiger partial charge in [0, 0.05) is 18.2 Å². The van der Waals surface area contributed by atoms with Crippen LogP contribution in [0, 0.1) is 11.8 Å². The van der Waals surface area contributed by atoms with Crippen molar-refractivity contribution in [3.05, 3.63) is 60.2 Å². The maximum Gasteiger partial charge on any atom is 0.314 e. The molecule has 1 aliphatic rings. The first-order chi connectivity index (χ1) is 17.1. The van der Waals surface area contributed by atoms with Gasteiger partial charge < -0.3 is 14.8 Å².